The van der Waals surface area contributed by atoms with Crippen molar-refractivity contribution in [2.24, 2.45) is 0 Å². The third-order valence-corrected chi connectivity index (χ3v) is 7.20. The minimum Gasteiger partial charge on any atom is -0.494 e. The van der Waals surface area contributed by atoms with Crippen LogP contribution in [0.4, 0.5) is 0 Å². The summed E-state index contributed by atoms with van der Waals surface area (Å²) in [7, 11) is -3.45. The van der Waals surface area contributed by atoms with Crippen molar-refractivity contribution in [3.8, 4) is 5.75 Å². The van der Waals surface area contributed by atoms with Gasteiger partial charge in [-0.25, -0.2) is 13.1 Å². The number of nitrogens with one attached hydrogen (secondary N) is 1. The van der Waals surface area contributed by atoms with Crippen LogP contribution in [0, 0.1) is 0 Å². The van der Waals surface area contributed by atoms with Crippen molar-refractivity contribution in [3.63, 3.8) is 0 Å². The molecule has 1 saturated heterocycles. The van der Waals surface area contributed by atoms with E-state index in [0.29, 0.717) is 17.4 Å². The number of ether oxygens (including phenoxy) is 1. The van der Waals surface area contributed by atoms with Crippen LogP contribution in [0.25, 0.3) is 0 Å². The number of nitrogens with zero attached hydrogens (tertiary/aromatic N) is 1. The van der Waals surface area contributed by atoms with E-state index in [0.717, 1.165) is 37.2 Å². The normalized spacial score (nSPS) is 16.8. The Bertz CT molecular complexity index is 752. The molecule has 7 heteroatoms. The maximum absolute atomic E-state index is 12.4. The fourth-order valence-corrected chi connectivity index (χ4v) is 5.22. The topological polar surface area (TPSA) is 58.6 Å². The summed E-state index contributed by atoms with van der Waals surface area (Å²) in [4.78, 5) is 2.35. The second kappa shape index (κ2) is 8.31. The Kier molecular flexibility index (Phi) is 6.11. The highest BCUT2D eigenvalue weighted by Crippen LogP contribution is 2.27. The average Bonchev–Trinajstić information content (AvgIpc) is 3.31. The third kappa shape index (κ3) is 4.61. The predicted molar refractivity (Wildman–Crippen MR) is 101 cm³/mol. The molecule has 136 valence electrons. The summed E-state index contributed by atoms with van der Waals surface area (Å²) in [6.45, 7) is 4.96. The first-order chi connectivity index (χ1) is 12.1. The minimum absolute atomic E-state index is 0.0351. The van der Waals surface area contributed by atoms with Gasteiger partial charge in [-0.3, -0.25) is 4.90 Å². The molecule has 2 aromatic rings. The van der Waals surface area contributed by atoms with E-state index in [1.807, 2.05) is 31.2 Å². The molecule has 25 heavy (non-hydrogen) atoms. The van der Waals surface area contributed by atoms with Gasteiger partial charge in [0.15, 0.2) is 0 Å². The molecule has 0 aliphatic carbocycles. The summed E-state index contributed by atoms with van der Waals surface area (Å²) in [5, 5.41) is 1.78. The molecule has 0 bridgehead atoms. The number of thiophene rings is 1. The van der Waals surface area contributed by atoms with Crippen LogP contribution in [0.1, 0.15) is 31.4 Å². The lowest BCUT2D eigenvalue weighted by atomic mass is 10.1. The molecule has 2 heterocycles. The lowest BCUT2D eigenvalue weighted by Gasteiger charge is -2.28. The highest BCUT2D eigenvalue weighted by atomic mass is 32.2. The number of benzene rings is 1. The van der Waals surface area contributed by atoms with Crippen molar-refractivity contribution in [2.75, 3.05) is 26.2 Å². The summed E-state index contributed by atoms with van der Waals surface area (Å²) >= 11 is 1.24. The second-order valence-electron chi connectivity index (χ2n) is 6.04. The fourth-order valence-electron chi connectivity index (χ4n) is 3.14. The third-order valence-electron chi connectivity index (χ3n) is 4.38. The Hall–Kier alpha value is -1.41. The highest BCUT2D eigenvalue weighted by molar-refractivity contribution is 7.91. The van der Waals surface area contributed by atoms with Gasteiger partial charge in [0.05, 0.1) is 6.61 Å². The molecule has 1 aliphatic rings. The molecule has 1 aromatic carbocycles. The first kappa shape index (κ1) is 18.4. The lowest BCUT2D eigenvalue weighted by Crippen LogP contribution is -2.36. The molecule has 0 saturated carbocycles. The number of hydrogen-bond acceptors (Lipinski definition) is 5. The van der Waals surface area contributed by atoms with Gasteiger partial charge in [0, 0.05) is 12.6 Å². The average molecular weight is 381 g/mol. The molecule has 1 aliphatic heterocycles. The van der Waals surface area contributed by atoms with Gasteiger partial charge in [-0.2, -0.15) is 0 Å². The number of rotatable bonds is 8. The van der Waals surface area contributed by atoms with Crippen molar-refractivity contribution < 1.29 is 13.2 Å². The van der Waals surface area contributed by atoms with E-state index in [9.17, 15) is 8.42 Å². The molecule has 1 aromatic heterocycles. The summed E-state index contributed by atoms with van der Waals surface area (Å²) in [6.07, 6.45) is 2.32. The maximum Gasteiger partial charge on any atom is 0.250 e. The van der Waals surface area contributed by atoms with Crippen LogP contribution in [-0.4, -0.2) is 39.6 Å². The van der Waals surface area contributed by atoms with Crippen LogP contribution >= 0.6 is 11.3 Å². The van der Waals surface area contributed by atoms with Gasteiger partial charge in [0.1, 0.15) is 9.96 Å². The molecule has 1 atom stereocenters. The van der Waals surface area contributed by atoms with Gasteiger partial charge in [-0.15, -0.1) is 11.3 Å². The van der Waals surface area contributed by atoms with Crippen LogP contribution in [0.3, 0.4) is 0 Å². The van der Waals surface area contributed by atoms with Gasteiger partial charge < -0.3 is 4.74 Å². The smallest absolute Gasteiger partial charge is 0.250 e. The molecule has 0 radical (unpaired) electrons. The Morgan fingerprint density at radius 2 is 1.92 bits per heavy atom. The molecule has 5 nitrogen and oxygen atoms in total. The first-order valence-corrected chi connectivity index (χ1v) is 11.0. The molecule has 0 spiro atoms. The van der Waals surface area contributed by atoms with E-state index < -0.39 is 10.0 Å². The van der Waals surface area contributed by atoms with Gasteiger partial charge in [0.2, 0.25) is 10.0 Å². The number of likely N-dealkylation sites (tertiary alicyclic amines) is 1. The largest absolute Gasteiger partial charge is 0.494 e. The van der Waals surface area contributed by atoms with Crippen LogP contribution < -0.4 is 9.46 Å². The summed E-state index contributed by atoms with van der Waals surface area (Å²) in [5.74, 6) is 0.839. The molecule has 1 fully saturated rings. The fraction of sp³-hybridized carbons (Fsp3) is 0.444. The standard InChI is InChI=1S/C18H24N2O3S2/c1-2-23-16-9-7-15(8-10-16)17(20-11-3-4-12-20)14-19-25(21,22)18-6-5-13-24-18/h5-10,13,17,19H,2-4,11-12,14H2,1H3. The van der Waals surface area contributed by atoms with Gasteiger partial charge in [0.25, 0.3) is 0 Å². The minimum atomic E-state index is -3.45. The SMILES string of the molecule is CCOc1ccc(C(CNS(=O)(=O)c2cccs2)N2CCCC2)cc1. The van der Waals surface area contributed by atoms with Gasteiger partial charge in [-0.1, -0.05) is 18.2 Å². The Morgan fingerprint density at radius 3 is 2.52 bits per heavy atom. The first-order valence-electron chi connectivity index (χ1n) is 8.60. The molecule has 1 N–H and O–H groups in total. The molecule has 1 unspecified atom stereocenters. The van der Waals surface area contributed by atoms with Crippen LogP contribution in [0.2, 0.25) is 0 Å². The van der Waals surface area contributed by atoms with Gasteiger partial charge in [-0.05, 0) is 62.0 Å². The van der Waals surface area contributed by atoms with Crippen molar-refractivity contribution >= 4 is 21.4 Å². The molecular weight excluding hydrogens is 356 g/mol. The molecule has 0 amide bonds. The van der Waals surface area contributed by atoms with E-state index in [1.54, 1.807) is 17.5 Å². The van der Waals surface area contributed by atoms with E-state index in [2.05, 4.69) is 9.62 Å². The van der Waals surface area contributed by atoms with Crippen LogP contribution in [0.15, 0.2) is 46.0 Å². The van der Waals surface area contributed by atoms with Crippen molar-refractivity contribution in [1.82, 2.24) is 9.62 Å². The summed E-state index contributed by atoms with van der Waals surface area (Å²) in [6, 6.07) is 11.4. The summed E-state index contributed by atoms with van der Waals surface area (Å²) in [5.41, 5.74) is 1.11. The zero-order chi connectivity index (χ0) is 17.7. The quantitative estimate of drug-likeness (QED) is 0.764. The van der Waals surface area contributed by atoms with E-state index in [4.69, 9.17) is 4.74 Å². The van der Waals surface area contributed by atoms with Gasteiger partial charge >= 0.3 is 0 Å². The lowest BCUT2D eigenvalue weighted by molar-refractivity contribution is 0.246. The zero-order valence-corrected chi connectivity index (χ0v) is 16.0. The monoisotopic (exact) mass is 380 g/mol. The van der Waals surface area contributed by atoms with Crippen molar-refractivity contribution in [2.45, 2.75) is 30.0 Å². The predicted octanol–water partition coefficient (Wildman–Crippen LogP) is 3.26. The van der Waals surface area contributed by atoms with E-state index >= 15 is 0 Å². The number of hydrogen-bond donors (Lipinski definition) is 1. The van der Waals surface area contributed by atoms with Crippen molar-refractivity contribution in [1.29, 1.82) is 0 Å². The Morgan fingerprint density at radius 1 is 1.20 bits per heavy atom. The van der Waals surface area contributed by atoms with Crippen LogP contribution in [0.5, 0.6) is 5.75 Å². The second-order valence-corrected chi connectivity index (χ2v) is 8.99. The van der Waals surface area contributed by atoms with E-state index in [1.165, 1.54) is 11.3 Å². The Balaban J connectivity index is 1.75. The molecule has 3 rings (SSSR count). The van der Waals surface area contributed by atoms with Crippen LogP contribution in [-0.2, 0) is 10.0 Å². The highest BCUT2D eigenvalue weighted by Gasteiger charge is 2.26. The number of sulfonamides is 1. The Labute approximate surface area is 153 Å². The molecular formula is C18H24N2O3S2. The maximum atomic E-state index is 12.4. The van der Waals surface area contributed by atoms with E-state index in [-0.39, 0.29) is 6.04 Å². The zero-order valence-electron chi connectivity index (χ0n) is 14.3. The summed E-state index contributed by atoms with van der Waals surface area (Å²) < 4.78 is 33.5. The van der Waals surface area contributed by atoms with Crippen molar-refractivity contribution in [3.05, 3.63) is 47.3 Å².